The summed E-state index contributed by atoms with van der Waals surface area (Å²) in [4.78, 5) is 22.5. The second-order valence-corrected chi connectivity index (χ2v) is 14.9. The van der Waals surface area contributed by atoms with E-state index in [0.717, 1.165) is 64.2 Å². The third-order valence-electron chi connectivity index (χ3n) is 8.75. The second kappa shape index (κ2) is 35.8. The van der Waals surface area contributed by atoms with E-state index in [1.54, 1.807) is 6.08 Å². The zero-order valence-electron chi connectivity index (χ0n) is 31.2. The van der Waals surface area contributed by atoms with Gasteiger partial charge in [0.25, 0.3) is 0 Å². The van der Waals surface area contributed by atoms with Crippen LogP contribution in [0.1, 0.15) is 187 Å². The Morgan fingerprint density at radius 3 is 1.62 bits per heavy atom. The summed E-state index contributed by atoms with van der Waals surface area (Å²) in [7, 11) is -4.33. The average Bonchev–Trinajstić information content (AvgIpc) is 3.07. The zero-order valence-corrected chi connectivity index (χ0v) is 32.1. The van der Waals surface area contributed by atoms with Crippen LogP contribution < -0.4 is 11.1 Å². The van der Waals surface area contributed by atoms with Crippen molar-refractivity contribution < 1.29 is 28.4 Å². The number of aliphatic hydroxyl groups is 1. The fourth-order valence-electron chi connectivity index (χ4n) is 5.72. The number of nitrogens with two attached hydrogens (primary N) is 1. The third kappa shape index (κ3) is 33.5. The number of hydrogen-bond donors (Lipinski definition) is 4. The molecule has 0 aromatic rings. The first-order chi connectivity index (χ1) is 23.4. The quantitative estimate of drug-likeness (QED) is 0.0288. The maximum atomic E-state index is 12.6. The highest BCUT2D eigenvalue weighted by Gasteiger charge is 2.26. The fraction of sp³-hybridized carbons (Fsp3) is 0.872. The van der Waals surface area contributed by atoms with Crippen LogP contribution in [0.5, 0.6) is 0 Å². The molecule has 0 rings (SSSR count). The van der Waals surface area contributed by atoms with Crippen molar-refractivity contribution >= 4 is 13.7 Å². The van der Waals surface area contributed by atoms with Gasteiger partial charge in [0.15, 0.2) is 0 Å². The van der Waals surface area contributed by atoms with E-state index in [2.05, 4.69) is 31.3 Å². The second-order valence-electron chi connectivity index (χ2n) is 13.5. The number of hydrogen-bond acceptors (Lipinski definition) is 6. The summed E-state index contributed by atoms with van der Waals surface area (Å²) >= 11 is 0. The molecule has 0 bridgehead atoms. The van der Waals surface area contributed by atoms with Gasteiger partial charge in [-0.3, -0.25) is 13.8 Å². The van der Waals surface area contributed by atoms with Gasteiger partial charge in [0, 0.05) is 13.0 Å². The molecule has 0 aromatic carbocycles. The topological polar surface area (TPSA) is 131 Å². The molecule has 0 radical (unpaired) electrons. The molecule has 5 N–H and O–H groups in total. The summed E-state index contributed by atoms with van der Waals surface area (Å²) in [6.07, 6.45) is 39.4. The molecule has 0 aromatic heterocycles. The Labute approximate surface area is 296 Å². The van der Waals surface area contributed by atoms with E-state index >= 15 is 0 Å². The van der Waals surface area contributed by atoms with Gasteiger partial charge in [-0.25, -0.2) is 4.57 Å². The van der Waals surface area contributed by atoms with Gasteiger partial charge in [-0.2, -0.15) is 0 Å². The maximum Gasteiger partial charge on any atom is 0.472 e. The average molecular weight is 701 g/mol. The van der Waals surface area contributed by atoms with Gasteiger partial charge >= 0.3 is 7.82 Å². The Bertz CT molecular complexity index is 809. The molecular weight excluding hydrogens is 623 g/mol. The number of phosphoric ester groups is 1. The minimum absolute atomic E-state index is 0.0778. The molecule has 0 aliphatic rings. The molecule has 0 saturated carbocycles. The fourth-order valence-corrected chi connectivity index (χ4v) is 6.48. The lowest BCUT2D eigenvalue weighted by molar-refractivity contribution is -0.123. The Balaban J connectivity index is 4.21. The van der Waals surface area contributed by atoms with E-state index in [1.165, 1.54) is 103 Å². The maximum absolute atomic E-state index is 12.6. The van der Waals surface area contributed by atoms with Crippen molar-refractivity contribution in [1.82, 2.24) is 5.32 Å². The van der Waals surface area contributed by atoms with Gasteiger partial charge < -0.3 is 21.1 Å². The van der Waals surface area contributed by atoms with Crippen molar-refractivity contribution in [3.8, 4) is 0 Å². The molecule has 284 valence electrons. The smallest absolute Gasteiger partial charge is 0.387 e. The van der Waals surface area contributed by atoms with E-state index in [0.29, 0.717) is 6.42 Å². The number of carbonyl (C=O) groups is 1. The van der Waals surface area contributed by atoms with Crippen molar-refractivity contribution in [2.75, 3.05) is 19.8 Å². The van der Waals surface area contributed by atoms with Crippen LogP contribution in [0, 0.1) is 0 Å². The Kier molecular flexibility index (Phi) is 35.0. The van der Waals surface area contributed by atoms with Crippen LogP contribution in [0.4, 0.5) is 0 Å². The number of carbonyl (C=O) groups excluding carboxylic acids is 1. The monoisotopic (exact) mass is 701 g/mol. The molecule has 0 aliphatic heterocycles. The van der Waals surface area contributed by atoms with Gasteiger partial charge in [-0.15, -0.1) is 0 Å². The summed E-state index contributed by atoms with van der Waals surface area (Å²) < 4.78 is 22.0. The molecular formula is C39H77N2O6P. The zero-order chi connectivity index (χ0) is 35.4. The molecule has 8 nitrogen and oxygen atoms in total. The number of aliphatic hydroxyl groups excluding tert-OH is 1. The van der Waals surface area contributed by atoms with Crippen LogP contribution in [0.25, 0.3) is 0 Å². The van der Waals surface area contributed by atoms with Crippen molar-refractivity contribution in [3.05, 3.63) is 24.3 Å². The largest absolute Gasteiger partial charge is 0.472 e. The first-order valence-electron chi connectivity index (χ1n) is 20.0. The summed E-state index contributed by atoms with van der Waals surface area (Å²) in [6.45, 7) is 4.06. The summed E-state index contributed by atoms with van der Waals surface area (Å²) in [5.41, 5.74) is 5.35. The predicted molar refractivity (Wildman–Crippen MR) is 203 cm³/mol. The van der Waals surface area contributed by atoms with Crippen molar-refractivity contribution in [1.29, 1.82) is 0 Å². The van der Waals surface area contributed by atoms with E-state index in [-0.39, 0.29) is 25.7 Å². The van der Waals surface area contributed by atoms with Crippen LogP contribution in [0.15, 0.2) is 24.3 Å². The lowest BCUT2D eigenvalue weighted by Crippen LogP contribution is -2.45. The molecule has 0 aliphatic carbocycles. The van der Waals surface area contributed by atoms with E-state index in [4.69, 9.17) is 14.8 Å². The number of unbranched alkanes of at least 4 members (excludes halogenated alkanes) is 23. The summed E-state index contributed by atoms with van der Waals surface area (Å²) in [5, 5.41) is 13.6. The molecule has 1 amide bonds. The van der Waals surface area contributed by atoms with Crippen LogP contribution in [-0.4, -0.2) is 47.8 Å². The van der Waals surface area contributed by atoms with Crippen LogP contribution >= 0.6 is 7.82 Å². The standard InChI is InChI=1S/C39H77N2O6P/c1-3-5-7-9-11-13-15-16-17-18-19-20-21-22-23-24-26-28-30-32-38(42)37(36-47-48(44,45)46-35-34-40)41-39(43)33-31-29-27-25-14-12-10-8-6-4-2/h8,10,30,32,37-38,42H,3-7,9,11-29,31,33-36,40H2,1-2H3,(H,41,43)(H,44,45)/b10-8-,32-30+. The number of allylic oxidation sites excluding steroid dienone is 3. The van der Waals surface area contributed by atoms with Gasteiger partial charge in [0.05, 0.1) is 25.4 Å². The summed E-state index contributed by atoms with van der Waals surface area (Å²) in [5.74, 6) is -0.206. The minimum Gasteiger partial charge on any atom is -0.387 e. The highest BCUT2D eigenvalue weighted by atomic mass is 31.2. The van der Waals surface area contributed by atoms with E-state index < -0.39 is 20.0 Å². The SMILES string of the molecule is CCC/C=C\CCCCCCCC(=O)NC(COP(=O)(O)OCCN)C(O)/C=C/CCCCCCCCCCCCCCCCCCC. The molecule has 3 atom stereocenters. The van der Waals surface area contributed by atoms with Crippen molar-refractivity contribution in [2.24, 2.45) is 5.73 Å². The Morgan fingerprint density at radius 2 is 1.12 bits per heavy atom. The van der Waals surface area contributed by atoms with Crippen LogP contribution in [0.2, 0.25) is 0 Å². The highest BCUT2D eigenvalue weighted by Crippen LogP contribution is 2.43. The van der Waals surface area contributed by atoms with Crippen LogP contribution in [-0.2, 0) is 18.4 Å². The lowest BCUT2D eigenvalue weighted by Gasteiger charge is -2.23. The third-order valence-corrected chi connectivity index (χ3v) is 9.74. The van der Waals surface area contributed by atoms with E-state index in [1.807, 2.05) is 6.08 Å². The number of phosphoric acid groups is 1. The van der Waals surface area contributed by atoms with Crippen molar-refractivity contribution in [3.63, 3.8) is 0 Å². The lowest BCUT2D eigenvalue weighted by atomic mass is 10.0. The van der Waals surface area contributed by atoms with Crippen LogP contribution in [0.3, 0.4) is 0 Å². The predicted octanol–water partition coefficient (Wildman–Crippen LogP) is 10.6. The normalized spacial score (nSPS) is 14.5. The Hall–Kier alpha value is -1.02. The number of amides is 1. The van der Waals surface area contributed by atoms with Gasteiger partial charge in [0.1, 0.15) is 0 Å². The van der Waals surface area contributed by atoms with Gasteiger partial charge in [-0.05, 0) is 38.5 Å². The van der Waals surface area contributed by atoms with Crippen molar-refractivity contribution in [2.45, 2.75) is 199 Å². The highest BCUT2D eigenvalue weighted by molar-refractivity contribution is 7.47. The Morgan fingerprint density at radius 1 is 0.667 bits per heavy atom. The van der Waals surface area contributed by atoms with Gasteiger partial charge in [0.2, 0.25) is 5.91 Å². The minimum atomic E-state index is -4.33. The summed E-state index contributed by atoms with van der Waals surface area (Å²) in [6, 6.07) is -0.860. The number of rotatable bonds is 37. The van der Waals surface area contributed by atoms with Gasteiger partial charge in [-0.1, -0.05) is 167 Å². The first kappa shape index (κ1) is 47.0. The molecule has 0 saturated heterocycles. The molecule has 0 spiro atoms. The first-order valence-corrected chi connectivity index (χ1v) is 21.5. The molecule has 9 heteroatoms. The molecule has 48 heavy (non-hydrogen) atoms. The number of nitrogens with one attached hydrogen (secondary N) is 1. The van der Waals surface area contributed by atoms with E-state index in [9.17, 15) is 19.4 Å². The molecule has 3 unspecified atom stereocenters. The molecule has 0 heterocycles. The molecule has 0 fully saturated rings.